The zero-order valence-electron chi connectivity index (χ0n) is 15.9. The number of fused-ring (bicyclic) bond motifs is 1. The van der Waals surface area contributed by atoms with Crippen LogP contribution in [0.4, 0.5) is 0 Å². The summed E-state index contributed by atoms with van der Waals surface area (Å²) in [6, 6.07) is 20.4. The molecule has 0 fully saturated rings. The normalized spacial score (nSPS) is 12.0. The van der Waals surface area contributed by atoms with E-state index in [4.69, 9.17) is 4.42 Å². The minimum atomic E-state index is -0.228. The summed E-state index contributed by atoms with van der Waals surface area (Å²) in [5, 5.41) is 4.35. The molecule has 146 valence electrons. The van der Waals surface area contributed by atoms with Crippen molar-refractivity contribution in [1.29, 1.82) is 0 Å². The molecule has 30 heavy (non-hydrogen) atoms. The molecule has 0 amide bonds. The molecule has 0 aliphatic carbocycles. The van der Waals surface area contributed by atoms with E-state index < -0.39 is 0 Å². The Labute approximate surface area is 174 Å². The van der Waals surface area contributed by atoms with Crippen LogP contribution in [0.15, 0.2) is 75.9 Å². The third-order valence-corrected chi connectivity index (χ3v) is 5.65. The fraction of sp³-hybridized carbons (Fsp3) is 0.0435. The predicted octanol–water partition coefficient (Wildman–Crippen LogP) is 3.83. The first kappa shape index (κ1) is 18.2. The van der Waals surface area contributed by atoms with E-state index in [1.54, 1.807) is 24.3 Å². The Bertz CT molecular complexity index is 1480. The second-order valence-electron chi connectivity index (χ2n) is 6.75. The van der Waals surface area contributed by atoms with Gasteiger partial charge in [0.2, 0.25) is 4.96 Å². The molecule has 0 saturated heterocycles. The molecule has 5 aromatic rings. The summed E-state index contributed by atoms with van der Waals surface area (Å²) < 4.78 is 7.69. The van der Waals surface area contributed by atoms with E-state index in [9.17, 15) is 9.59 Å². The van der Waals surface area contributed by atoms with E-state index in [-0.39, 0.29) is 11.3 Å². The highest BCUT2D eigenvalue weighted by Gasteiger charge is 2.12. The van der Waals surface area contributed by atoms with Crippen LogP contribution in [0.2, 0.25) is 0 Å². The highest BCUT2D eigenvalue weighted by Crippen LogP contribution is 2.23. The number of carbonyl (C=O) groups excluding carboxylic acids is 1. The van der Waals surface area contributed by atoms with Crippen molar-refractivity contribution < 1.29 is 9.21 Å². The lowest BCUT2D eigenvalue weighted by Crippen LogP contribution is -2.23. The summed E-state index contributed by atoms with van der Waals surface area (Å²) in [4.78, 5) is 29.2. The number of hydrogen-bond acceptors (Lipinski definition) is 6. The van der Waals surface area contributed by atoms with Gasteiger partial charge in [0.25, 0.3) is 5.56 Å². The van der Waals surface area contributed by atoms with Crippen molar-refractivity contribution in [3.63, 3.8) is 0 Å². The molecule has 0 spiro atoms. The van der Waals surface area contributed by atoms with Gasteiger partial charge in [-0.15, -0.1) is 5.10 Å². The number of benzene rings is 2. The standard InChI is InChI=1S/C23H15N3O3S/c1-14(27)15-7-9-16(10-8-15)19-12-11-18(29-19)13-20-22(28)26-23(30-20)24-21(25-26)17-5-3-2-4-6-17/h2-13H,1H3/b20-13-. The van der Waals surface area contributed by atoms with Gasteiger partial charge >= 0.3 is 0 Å². The highest BCUT2D eigenvalue weighted by molar-refractivity contribution is 7.15. The highest BCUT2D eigenvalue weighted by atomic mass is 32.1. The number of furan rings is 1. The topological polar surface area (TPSA) is 77.5 Å². The van der Waals surface area contributed by atoms with Crippen LogP contribution in [0, 0.1) is 0 Å². The van der Waals surface area contributed by atoms with Crippen LogP contribution in [0.5, 0.6) is 0 Å². The number of thiazole rings is 1. The van der Waals surface area contributed by atoms with Crippen molar-refractivity contribution in [1.82, 2.24) is 14.6 Å². The largest absolute Gasteiger partial charge is 0.457 e. The maximum absolute atomic E-state index is 12.7. The van der Waals surface area contributed by atoms with Crippen molar-refractivity contribution in [3.05, 3.63) is 92.9 Å². The molecule has 6 nitrogen and oxygen atoms in total. The Morgan fingerprint density at radius 3 is 2.47 bits per heavy atom. The minimum Gasteiger partial charge on any atom is -0.457 e. The molecule has 0 radical (unpaired) electrons. The number of rotatable bonds is 4. The van der Waals surface area contributed by atoms with Crippen LogP contribution in [-0.2, 0) is 0 Å². The van der Waals surface area contributed by atoms with Gasteiger partial charge in [-0.05, 0) is 19.1 Å². The molecule has 5 rings (SSSR count). The lowest BCUT2D eigenvalue weighted by Gasteiger charge is -1.98. The Hall–Kier alpha value is -3.84. The lowest BCUT2D eigenvalue weighted by atomic mass is 10.1. The molecule has 3 aromatic heterocycles. The Kier molecular flexibility index (Phi) is 4.37. The first-order valence-corrected chi connectivity index (χ1v) is 10.1. The summed E-state index contributed by atoms with van der Waals surface area (Å²) in [6.07, 6.45) is 1.69. The van der Waals surface area contributed by atoms with Gasteiger partial charge in [0, 0.05) is 22.8 Å². The van der Waals surface area contributed by atoms with Crippen LogP contribution in [0.3, 0.4) is 0 Å². The van der Waals surface area contributed by atoms with Crippen molar-refractivity contribution in [2.45, 2.75) is 6.92 Å². The van der Waals surface area contributed by atoms with Crippen molar-refractivity contribution in [2.75, 3.05) is 0 Å². The average Bonchev–Trinajstić information content (AvgIpc) is 3.47. The van der Waals surface area contributed by atoms with E-state index in [1.807, 2.05) is 48.5 Å². The number of aromatic nitrogens is 3. The number of ketones is 1. The van der Waals surface area contributed by atoms with Gasteiger partial charge in [-0.1, -0.05) is 65.9 Å². The van der Waals surface area contributed by atoms with Gasteiger partial charge in [-0.25, -0.2) is 0 Å². The third kappa shape index (κ3) is 3.25. The maximum atomic E-state index is 12.7. The summed E-state index contributed by atoms with van der Waals surface area (Å²) in [5.74, 6) is 1.77. The first-order valence-electron chi connectivity index (χ1n) is 9.26. The third-order valence-electron chi connectivity index (χ3n) is 4.69. The molecular weight excluding hydrogens is 398 g/mol. The molecule has 0 atom stereocenters. The average molecular weight is 413 g/mol. The zero-order chi connectivity index (χ0) is 20.7. The molecule has 0 aliphatic heterocycles. The second-order valence-corrected chi connectivity index (χ2v) is 7.76. The first-order chi connectivity index (χ1) is 14.6. The molecule has 7 heteroatoms. The van der Waals surface area contributed by atoms with Crippen molar-refractivity contribution in [3.8, 4) is 22.7 Å². The van der Waals surface area contributed by atoms with E-state index in [0.717, 1.165) is 11.1 Å². The monoisotopic (exact) mass is 413 g/mol. The number of hydrogen-bond donors (Lipinski definition) is 0. The van der Waals surface area contributed by atoms with Crippen LogP contribution < -0.4 is 10.1 Å². The summed E-state index contributed by atoms with van der Waals surface area (Å²) in [6.45, 7) is 1.53. The Balaban J connectivity index is 1.48. The molecule has 0 N–H and O–H groups in total. The zero-order valence-corrected chi connectivity index (χ0v) is 16.7. The lowest BCUT2D eigenvalue weighted by molar-refractivity contribution is 0.101. The van der Waals surface area contributed by atoms with Gasteiger partial charge in [-0.2, -0.15) is 9.50 Å². The quantitative estimate of drug-likeness (QED) is 0.419. The minimum absolute atomic E-state index is 0.0183. The summed E-state index contributed by atoms with van der Waals surface area (Å²) in [7, 11) is 0. The number of nitrogens with zero attached hydrogens (tertiary/aromatic N) is 3. The van der Waals surface area contributed by atoms with Crippen molar-refractivity contribution >= 4 is 28.2 Å². The van der Waals surface area contributed by atoms with E-state index >= 15 is 0 Å². The number of Topliss-reactive ketones (excluding diaryl/α,β-unsaturated/α-hetero) is 1. The van der Waals surface area contributed by atoms with Crippen LogP contribution in [0.25, 0.3) is 33.7 Å². The molecule has 0 saturated carbocycles. The van der Waals surface area contributed by atoms with E-state index in [2.05, 4.69) is 10.1 Å². The summed E-state index contributed by atoms with van der Waals surface area (Å²) in [5.41, 5.74) is 2.15. The summed E-state index contributed by atoms with van der Waals surface area (Å²) >= 11 is 1.27. The van der Waals surface area contributed by atoms with Gasteiger partial charge in [0.1, 0.15) is 16.1 Å². The molecule has 0 bridgehead atoms. The van der Waals surface area contributed by atoms with Gasteiger partial charge in [0.05, 0.1) is 0 Å². The van der Waals surface area contributed by atoms with Crippen LogP contribution in [-0.4, -0.2) is 20.4 Å². The van der Waals surface area contributed by atoms with Crippen LogP contribution >= 0.6 is 11.3 Å². The fourth-order valence-corrected chi connectivity index (χ4v) is 4.02. The number of carbonyl (C=O) groups is 1. The Morgan fingerprint density at radius 1 is 1.00 bits per heavy atom. The fourth-order valence-electron chi connectivity index (χ4n) is 3.13. The molecular formula is C23H15N3O3S. The predicted molar refractivity (Wildman–Crippen MR) is 116 cm³/mol. The van der Waals surface area contributed by atoms with Gasteiger partial charge in [0.15, 0.2) is 11.6 Å². The van der Waals surface area contributed by atoms with Crippen molar-refractivity contribution in [2.24, 2.45) is 0 Å². The molecule has 2 aromatic carbocycles. The van der Waals surface area contributed by atoms with Gasteiger partial charge < -0.3 is 4.42 Å². The van der Waals surface area contributed by atoms with Gasteiger partial charge in [-0.3, -0.25) is 9.59 Å². The maximum Gasteiger partial charge on any atom is 0.291 e. The van der Waals surface area contributed by atoms with Crippen LogP contribution in [0.1, 0.15) is 23.0 Å². The molecule has 0 aliphatic rings. The SMILES string of the molecule is CC(=O)c1ccc(-c2ccc(/C=c3\sc4nc(-c5ccccc5)nn4c3=O)o2)cc1. The van der Waals surface area contributed by atoms with E-state index in [1.165, 1.54) is 22.8 Å². The smallest absolute Gasteiger partial charge is 0.291 e. The second kappa shape index (κ2) is 7.20. The molecule has 0 unspecified atom stereocenters. The Morgan fingerprint density at radius 2 is 1.77 bits per heavy atom. The molecule has 3 heterocycles. The van der Waals surface area contributed by atoms with E-state index in [0.29, 0.717) is 32.4 Å².